The monoisotopic (exact) mass is 271 g/mol. The highest BCUT2D eigenvalue weighted by atomic mass is 32.2. The molecule has 0 fully saturated rings. The van der Waals surface area contributed by atoms with Crippen molar-refractivity contribution >= 4 is 16.9 Å². The Hall–Kier alpha value is -1.11. The number of aryl methyl sites for hydroxylation is 1. The molecular weight excluding hydrogens is 254 g/mol. The largest absolute Gasteiger partial charge is 0.390 e. The van der Waals surface area contributed by atoms with E-state index in [9.17, 15) is 19.8 Å². The van der Waals surface area contributed by atoms with Crippen molar-refractivity contribution in [3.8, 4) is 0 Å². The van der Waals surface area contributed by atoms with Crippen molar-refractivity contribution in [1.29, 1.82) is 0 Å². The van der Waals surface area contributed by atoms with E-state index in [0.717, 1.165) is 11.8 Å². The van der Waals surface area contributed by atoms with Gasteiger partial charge in [-0.1, -0.05) is 11.8 Å². The van der Waals surface area contributed by atoms with Crippen LogP contribution in [-0.2, 0) is 4.79 Å². The number of carbonyl (C=O) groups is 1. The number of carbonyl (C=O) groups excluding carboxylic acids is 1. The van der Waals surface area contributed by atoms with E-state index in [2.05, 4.69) is 4.98 Å². The Bertz CT molecular complexity index is 471. The quantitative estimate of drug-likeness (QED) is 0.735. The van der Waals surface area contributed by atoms with Crippen LogP contribution >= 0.6 is 11.8 Å². The van der Waals surface area contributed by atoms with Crippen molar-refractivity contribution in [2.45, 2.75) is 32.5 Å². The first kappa shape index (κ1) is 14.9. The molecule has 0 aliphatic heterocycles. The van der Waals surface area contributed by atoms with Crippen molar-refractivity contribution in [2.75, 3.05) is 5.75 Å². The van der Waals surface area contributed by atoms with Gasteiger partial charge < -0.3 is 15.2 Å². The molecular formula is C12H17NO4S. The molecule has 1 heterocycles. The third-order valence-electron chi connectivity index (χ3n) is 2.57. The first-order valence-electron chi connectivity index (χ1n) is 5.60. The maximum absolute atomic E-state index is 11.0. The minimum atomic E-state index is -1.06. The van der Waals surface area contributed by atoms with Crippen LogP contribution in [0.4, 0.5) is 0 Å². The fourth-order valence-electron chi connectivity index (χ4n) is 1.59. The second-order valence-corrected chi connectivity index (χ2v) is 5.35. The molecule has 0 aromatic carbocycles. The number of aromatic nitrogens is 1. The summed E-state index contributed by atoms with van der Waals surface area (Å²) in [6.07, 6.45) is -0.302. The Morgan fingerprint density at radius 3 is 2.72 bits per heavy atom. The molecule has 0 radical (unpaired) electrons. The number of hydrogen-bond donors (Lipinski definition) is 3. The van der Waals surface area contributed by atoms with Gasteiger partial charge in [0.2, 0.25) is 5.56 Å². The zero-order chi connectivity index (χ0) is 13.7. The number of aromatic amines is 1. The lowest BCUT2D eigenvalue weighted by molar-refractivity contribution is -0.109. The molecule has 2 atom stereocenters. The maximum Gasteiger partial charge on any atom is 0.248 e. The summed E-state index contributed by atoms with van der Waals surface area (Å²) in [5, 5.41) is 19.8. The number of rotatable bonds is 5. The number of nitrogens with one attached hydrogen (secondary N) is 1. The summed E-state index contributed by atoms with van der Waals surface area (Å²) in [6.45, 7) is 3.16. The summed E-state index contributed by atoms with van der Waals surface area (Å²) in [4.78, 5) is 24.2. The smallest absolute Gasteiger partial charge is 0.248 e. The zero-order valence-electron chi connectivity index (χ0n) is 10.3. The molecule has 0 spiro atoms. The van der Waals surface area contributed by atoms with Crippen LogP contribution in [0.3, 0.4) is 0 Å². The summed E-state index contributed by atoms with van der Waals surface area (Å²) in [5.74, 6) is 0.454. The van der Waals surface area contributed by atoms with Crippen molar-refractivity contribution in [2.24, 2.45) is 0 Å². The van der Waals surface area contributed by atoms with E-state index in [1.165, 1.54) is 19.2 Å². The SMILES string of the molecule is CC(=O)SCCC(O)C(O)c1c[nH]c(=O)cc1C. The molecule has 0 bridgehead atoms. The van der Waals surface area contributed by atoms with Crippen LogP contribution in [0.25, 0.3) is 0 Å². The van der Waals surface area contributed by atoms with Gasteiger partial charge in [-0.3, -0.25) is 9.59 Å². The van der Waals surface area contributed by atoms with Gasteiger partial charge in [0.25, 0.3) is 0 Å². The van der Waals surface area contributed by atoms with Gasteiger partial charge in [0, 0.05) is 30.5 Å². The van der Waals surface area contributed by atoms with Gasteiger partial charge in [-0.15, -0.1) is 0 Å². The number of aliphatic hydroxyl groups is 2. The van der Waals surface area contributed by atoms with E-state index in [1.807, 2.05) is 0 Å². The summed E-state index contributed by atoms with van der Waals surface area (Å²) in [7, 11) is 0. The lowest BCUT2D eigenvalue weighted by Crippen LogP contribution is -2.21. The number of aliphatic hydroxyl groups excluding tert-OH is 2. The van der Waals surface area contributed by atoms with Crippen molar-refractivity contribution < 1.29 is 15.0 Å². The Balaban J connectivity index is 2.65. The van der Waals surface area contributed by atoms with Crippen molar-refractivity contribution in [3.05, 3.63) is 33.7 Å². The molecule has 100 valence electrons. The van der Waals surface area contributed by atoms with Crippen LogP contribution < -0.4 is 5.56 Å². The van der Waals surface area contributed by atoms with E-state index >= 15 is 0 Å². The first-order valence-corrected chi connectivity index (χ1v) is 6.59. The second-order valence-electron chi connectivity index (χ2n) is 4.08. The molecule has 0 aliphatic rings. The fourth-order valence-corrected chi connectivity index (χ4v) is 2.24. The second kappa shape index (κ2) is 6.72. The number of pyridine rings is 1. The van der Waals surface area contributed by atoms with E-state index < -0.39 is 12.2 Å². The Labute approximate surface area is 109 Å². The average Bonchev–Trinajstić information content (AvgIpc) is 2.27. The summed E-state index contributed by atoms with van der Waals surface area (Å²) in [6, 6.07) is 1.37. The molecule has 2 unspecified atom stereocenters. The normalized spacial score (nSPS) is 14.2. The topological polar surface area (TPSA) is 90.4 Å². The van der Waals surface area contributed by atoms with Crippen LogP contribution in [0.2, 0.25) is 0 Å². The number of H-pyrrole nitrogens is 1. The Morgan fingerprint density at radius 2 is 2.17 bits per heavy atom. The standard InChI is InChI=1S/C12H17NO4S/c1-7-5-11(16)13-6-9(7)12(17)10(15)3-4-18-8(2)14/h5-6,10,12,15,17H,3-4H2,1-2H3,(H,13,16). The highest BCUT2D eigenvalue weighted by Gasteiger charge is 2.20. The summed E-state index contributed by atoms with van der Waals surface area (Å²) in [5.41, 5.74) is 0.879. The van der Waals surface area contributed by atoms with E-state index in [-0.39, 0.29) is 10.7 Å². The predicted octanol–water partition coefficient (Wildman–Crippen LogP) is 0.747. The highest BCUT2D eigenvalue weighted by Crippen LogP contribution is 2.21. The van der Waals surface area contributed by atoms with Crippen LogP contribution in [0.5, 0.6) is 0 Å². The van der Waals surface area contributed by atoms with Crippen LogP contribution in [0.1, 0.15) is 30.6 Å². The first-order chi connectivity index (χ1) is 8.41. The summed E-state index contributed by atoms with van der Waals surface area (Å²) >= 11 is 1.11. The fraction of sp³-hybridized carbons (Fsp3) is 0.500. The molecule has 0 saturated carbocycles. The Kier molecular flexibility index (Phi) is 5.58. The van der Waals surface area contributed by atoms with Gasteiger partial charge in [0.15, 0.2) is 5.12 Å². The number of thioether (sulfide) groups is 1. The molecule has 0 saturated heterocycles. The summed E-state index contributed by atoms with van der Waals surface area (Å²) < 4.78 is 0. The van der Waals surface area contributed by atoms with Crippen molar-refractivity contribution in [3.63, 3.8) is 0 Å². The zero-order valence-corrected chi connectivity index (χ0v) is 11.2. The van der Waals surface area contributed by atoms with Gasteiger partial charge in [-0.25, -0.2) is 0 Å². The van der Waals surface area contributed by atoms with Gasteiger partial charge in [0.1, 0.15) is 6.10 Å². The number of hydrogen-bond acceptors (Lipinski definition) is 5. The molecule has 1 aromatic heterocycles. The minimum absolute atomic E-state index is 0.0167. The lowest BCUT2D eigenvalue weighted by atomic mass is 10.0. The predicted molar refractivity (Wildman–Crippen MR) is 70.5 cm³/mol. The highest BCUT2D eigenvalue weighted by molar-refractivity contribution is 8.13. The molecule has 18 heavy (non-hydrogen) atoms. The Morgan fingerprint density at radius 1 is 1.50 bits per heavy atom. The molecule has 1 rings (SSSR count). The lowest BCUT2D eigenvalue weighted by Gasteiger charge is -2.19. The van der Waals surface area contributed by atoms with Gasteiger partial charge in [-0.2, -0.15) is 0 Å². The molecule has 6 heteroatoms. The van der Waals surface area contributed by atoms with E-state index in [1.54, 1.807) is 6.92 Å². The maximum atomic E-state index is 11.0. The van der Waals surface area contributed by atoms with Gasteiger partial charge >= 0.3 is 0 Å². The third-order valence-corrected chi connectivity index (χ3v) is 3.42. The van der Waals surface area contributed by atoms with Crippen LogP contribution in [-0.4, -0.2) is 32.2 Å². The molecule has 0 amide bonds. The van der Waals surface area contributed by atoms with E-state index in [4.69, 9.17) is 0 Å². The van der Waals surface area contributed by atoms with Gasteiger partial charge in [-0.05, 0) is 18.9 Å². The molecule has 1 aromatic rings. The molecule has 3 N–H and O–H groups in total. The van der Waals surface area contributed by atoms with Gasteiger partial charge in [0.05, 0.1) is 6.10 Å². The molecule has 5 nitrogen and oxygen atoms in total. The van der Waals surface area contributed by atoms with Crippen molar-refractivity contribution in [1.82, 2.24) is 4.98 Å². The van der Waals surface area contributed by atoms with Crippen LogP contribution in [0, 0.1) is 6.92 Å². The minimum Gasteiger partial charge on any atom is -0.390 e. The molecule has 0 aliphatic carbocycles. The average molecular weight is 271 g/mol. The van der Waals surface area contributed by atoms with E-state index in [0.29, 0.717) is 23.3 Å². The van der Waals surface area contributed by atoms with Crippen LogP contribution in [0.15, 0.2) is 17.1 Å². The third kappa shape index (κ3) is 4.29.